The lowest BCUT2D eigenvalue weighted by Gasteiger charge is -2.35. The number of ether oxygens (including phenoxy) is 1. The molecule has 0 spiro atoms. The summed E-state index contributed by atoms with van der Waals surface area (Å²) in [6.45, 7) is 8.87. The molecule has 19 heavy (non-hydrogen) atoms. The molecule has 0 unspecified atom stereocenters. The molecule has 0 saturated carbocycles. The molecule has 1 fully saturated rings. The van der Waals surface area contributed by atoms with Crippen molar-refractivity contribution in [3.05, 3.63) is 11.9 Å². The van der Waals surface area contributed by atoms with Gasteiger partial charge >= 0.3 is 0 Å². The number of anilines is 2. The summed E-state index contributed by atoms with van der Waals surface area (Å²) in [5.74, 6) is 2.68. The summed E-state index contributed by atoms with van der Waals surface area (Å²) in [6.07, 6.45) is 2.86. The monoisotopic (exact) mass is 264 g/mol. The molecule has 0 radical (unpaired) electrons. The van der Waals surface area contributed by atoms with Crippen LogP contribution in [0.2, 0.25) is 0 Å². The fraction of sp³-hybridized carbons (Fsp3) is 0.714. The Kier molecular flexibility index (Phi) is 4.58. The smallest absolute Gasteiger partial charge is 0.132 e. The van der Waals surface area contributed by atoms with Gasteiger partial charge in [-0.2, -0.15) is 0 Å². The van der Waals surface area contributed by atoms with E-state index in [1.54, 1.807) is 0 Å². The highest BCUT2D eigenvalue weighted by Crippen LogP contribution is 2.25. The molecule has 2 heterocycles. The molecule has 5 nitrogen and oxygen atoms in total. The van der Waals surface area contributed by atoms with E-state index < -0.39 is 0 Å². The van der Waals surface area contributed by atoms with Crippen LogP contribution in [-0.4, -0.2) is 35.3 Å². The molecule has 5 heteroatoms. The molecule has 1 aliphatic heterocycles. The maximum absolute atomic E-state index is 5.42. The zero-order valence-electron chi connectivity index (χ0n) is 12.1. The SMILES string of the molecule is CCNc1cc(NC2(C)CCOCC2)nc(CC)n1. The highest BCUT2D eigenvalue weighted by molar-refractivity contribution is 5.49. The van der Waals surface area contributed by atoms with E-state index in [1.807, 2.05) is 6.07 Å². The van der Waals surface area contributed by atoms with Crippen LogP contribution in [0.3, 0.4) is 0 Å². The predicted octanol–water partition coefficient (Wildman–Crippen LogP) is 2.45. The van der Waals surface area contributed by atoms with Crippen molar-refractivity contribution in [3.8, 4) is 0 Å². The second-order valence-electron chi connectivity index (χ2n) is 5.24. The number of hydrogen-bond donors (Lipinski definition) is 2. The highest BCUT2D eigenvalue weighted by Gasteiger charge is 2.27. The first-order chi connectivity index (χ1) is 9.15. The second kappa shape index (κ2) is 6.19. The van der Waals surface area contributed by atoms with Gasteiger partial charge in [0, 0.05) is 37.8 Å². The molecular weight excluding hydrogens is 240 g/mol. The van der Waals surface area contributed by atoms with E-state index in [9.17, 15) is 0 Å². The Morgan fingerprint density at radius 1 is 1.21 bits per heavy atom. The third-order valence-corrected chi connectivity index (χ3v) is 3.47. The number of aryl methyl sites for hydroxylation is 1. The number of hydrogen-bond acceptors (Lipinski definition) is 5. The van der Waals surface area contributed by atoms with E-state index in [-0.39, 0.29) is 5.54 Å². The van der Waals surface area contributed by atoms with Crippen LogP contribution in [0.15, 0.2) is 6.07 Å². The first-order valence-electron chi connectivity index (χ1n) is 7.13. The first kappa shape index (κ1) is 14.1. The van der Waals surface area contributed by atoms with E-state index in [0.29, 0.717) is 0 Å². The fourth-order valence-electron chi connectivity index (χ4n) is 2.25. The van der Waals surface area contributed by atoms with Gasteiger partial charge in [-0.1, -0.05) is 6.92 Å². The lowest BCUT2D eigenvalue weighted by atomic mass is 9.92. The topological polar surface area (TPSA) is 59.1 Å². The van der Waals surface area contributed by atoms with Crippen molar-refractivity contribution in [1.29, 1.82) is 0 Å². The molecule has 106 valence electrons. The van der Waals surface area contributed by atoms with Crippen LogP contribution in [-0.2, 0) is 11.2 Å². The summed E-state index contributed by atoms with van der Waals surface area (Å²) in [4.78, 5) is 9.04. The molecule has 2 rings (SSSR count). The lowest BCUT2D eigenvalue weighted by Crippen LogP contribution is -2.41. The maximum Gasteiger partial charge on any atom is 0.132 e. The number of rotatable bonds is 5. The standard InChI is InChI=1S/C14H24N4O/c1-4-11-16-12(15-5-2)10-13(17-11)18-14(3)6-8-19-9-7-14/h10H,4-9H2,1-3H3,(H2,15,16,17,18). The molecule has 1 saturated heterocycles. The van der Waals surface area contributed by atoms with Gasteiger partial charge in [0.15, 0.2) is 0 Å². The molecular formula is C14H24N4O. The summed E-state index contributed by atoms with van der Waals surface area (Å²) < 4.78 is 5.42. The summed E-state index contributed by atoms with van der Waals surface area (Å²) in [7, 11) is 0. The molecule has 1 aliphatic rings. The van der Waals surface area contributed by atoms with E-state index in [1.165, 1.54) is 0 Å². The fourth-order valence-corrected chi connectivity index (χ4v) is 2.25. The van der Waals surface area contributed by atoms with E-state index in [4.69, 9.17) is 4.74 Å². The van der Waals surface area contributed by atoms with Crippen molar-refractivity contribution in [2.24, 2.45) is 0 Å². The number of aromatic nitrogens is 2. The number of nitrogens with one attached hydrogen (secondary N) is 2. The van der Waals surface area contributed by atoms with Crippen molar-refractivity contribution >= 4 is 11.6 Å². The lowest BCUT2D eigenvalue weighted by molar-refractivity contribution is 0.0657. The second-order valence-corrected chi connectivity index (χ2v) is 5.24. The van der Waals surface area contributed by atoms with Crippen LogP contribution < -0.4 is 10.6 Å². The molecule has 0 atom stereocenters. The van der Waals surface area contributed by atoms with E-state index >= 15 is 0 Å². The third kappa shape index (κ3) is 3.80. The van der Waals surface area contributed by atoms with Crippen LogP contribution in [0.1, 0.15) is 39.4 Å². The molecule has 0 aliphatic carbocycles. The Morgan fingerprint density at radius 2 is 1.89 bits per heavy atom. The van der Waals surface area contributed by atoms with Gasteiger partial charge < -0.3 is 15.4 Å². The molecule has 1 aromatic rings. The minimum absolute atomic E-state index is 0.0705. The average molecular weight is 264 g/mol. The van der Waals surface area contributed by atoms with Crippen LogP contribution in [0, 0.1) is 0 Å². The molecule has 2 N–H and O–H groups in total. The Labute approximate surface area is 115 Å². The maximum atomic E-state index is 5.42. The van der Waals surface area contributed by atoms with E-state index in [0.717, 1.165) is 56.5 Å². The Hall–Kier alpha value is -1.36. The van der Waals surface area contributed by atoms with Gasteiger partial charge in [-0.25, -0.2) is 9.97 Å². The van der Waals surface area contributed by atoms with Gasteiger partial charge in [0.2, 0.25) is 0 Å². The molecule has 0 bridgehead atoms. The Bertz CT molecular complexity index is 416. The molecule has 0 amide bonds. The zero-order valence-corrected chi connectivity index (χ0v) is 12.1. The number of nitrogens with zero attached hydrogens (tertiary/aromatic N) is 2. The van der Waals surface area contributed by atoms with Crippen LogP contribution in [0.5, 0.6) is 0 Å². The van der Waals surface area contributed by atoms with Gasteiger partial charge in [0.25, 0.3) is 0 Å². The van der Waals surface area contributed by atoms with Crippen molar-refractivity contribution in [2.45, 2.75) is 45.6 Å². The Balaban J connectivity index is 2.16. The summed E-state index contributed by atoms with van der Waals surface area (Å²) in [5.41, 5.74) is 0.0705. The molecule has 0 aromatic carbocycles. The van der Waals surface area contributed by atoms with Gasteiger partial charge in [0.05, 0.1) is 0 Å². The minimum Gasteiger partial charge on any atom is -0.381 e. The van der Waals surface area contributed by atoms with Crippen molar-refractivity contribution in [3.63, 3.8) is 0 Å². The van der Waals surface area contributed by atoms with E-state index in [2.05, 4.69) is 41.4 Å². The zero-order chi connectivity index (χ0) is 13.7. The predicted molar refractivity (Wildman–Crippen MR) is 77.7 cm³/mol. The highest BCUT2D eigenvalue weighted by atomic mass is 16.5. The van der Waals surface area contributed by atoms with Gasteiger partial charge in [-0.15, -0.1) is 0 Å². The Morgan fingerprint density at radius 3 is 2.53 bits per heavy atom. The summed E-state index contributed by atoms with van der Waals surface area (Å²) >= 11 is 0. The minimum atomic E-state index is 0.0705. The molecule has 1 aromatic heterocycles. The largest absolute Gasteiger partial charge is 0.381 e. The normalized spacial score (nSPS) is 18.1. The summed E-state index contributed by atoms with van der Waals surface area (Å²) in [6, 6.07) is 1.99. The van der Waals surface area contributed by atoms with Gasteiger partial charge in [-0.3, -0.25) is 0 Å². The van der Waals surface area contributed by atoms with Crippen molar-refractivity contribution in [1.82, 2.24) is 9.97 Å². The average Bonchev–Trinajstić information content (AvgIpc) is 2.39. The quantitative estimate of drug-likeness (QED) is 0.855. The van der Waals surface area contributed by atoms with Crippen LogP contribution in [0.25, 0.3) is 0 Å². The van der Waals surface area contributed by atoms with Crippen LogP contribution in [0.4, 0.5) is 11.6 Å². The van der Waals surface area contributed by atoms with Gasteiger partial charge in [-0.05, 0) is 26.7 Å². The first-order valence-corrected chi connectivity index (χ1v) is 7.13. The third-order valence-electron chi connectivity index (χ3n) is 3.47. The van der Waals surface area contributed by atoms with Crippen molar-refractivity contribution < 1.29 is 4.74 Å². The van der Waals surface area contributed by atoms with Crippen molar-refractivity contribution in [2.75, 3.05) is 30.4 Å². The van der Waals surface area contributed by atoms with Gasteiger partial charge in [0.1, 0.15) is 17.5 Å². The summed E-state index contributed by atoms with van der Waals surface area (Å²) in [5, 5.41) is 6.82. The van der Waals surface area contributed by atoms with Crippen LogP contribution >= 0.6 is 0 Å².